The van der Waals surface area contributed by atoms with Crippen molar-refractivity contribution in [1.29, 1.82) is 0 Å². The summed E-state index contributed by atoms with van der Waals surface area (Å²) in [6.07, 6.45) is 0. The summed E-state index contributed by atoms with van der Waals surface area (Å²) in [5, 5.41) is 12.8. The number of sulfonamides is 1. The van der Waals surface area contributed by atoms with Gasteiger partial charge >= 0.3 is 0 Å². The lowest BCUT2D eigenvalue weighted by atomic mass is 10.1. The molecule has 1 aromatic heterocycles. The monoisotopic (exact) mass is 406 g/mol. The SMILES string of the molecule is Cc1cccc(-c2nnc(S(N)(=O)=O)n2C(C)C)c1I. The van der Waals surface area contributed by atoms with E-state index in [4.69, 9.17) is 5.14 Å². The van der Waals surface area contributed by atoms with Crippen LogP contribution in [-0.4, -0.2) is 23.2 Å². The van der Waals surface area contributed by atoms with E-state index in [0.29, 0.717) is 5.82 Å². The van der Waals surface area contributed by atoms with Crippen molar-refractivity contribution >= 4 is 32.6 Å². The molecular formula is C12H15IN4O2S. The first kappa shape index (κ1) is 15.4. The summed E-state index contributed by atoms with van der Waals surface area (Å²) in [6, 6.07) is 5.67. The van der Waals surface area contributed by atoms with E-state index < -0.39 is 10.0 Å². The molecule has 1 aromatic carbocycles. The number of hydrogen-bond donors (Lipinski definition) is 1. The Kier molecular flexibility index (Phi) is 4.17. The molecule has 0 bridgehead atoms. The molecule has 1 heterocycles. The molecule has 108 valence electrons. The topological polar surface area (TPSA) is 90.9 Å². The van der Waals surface area contributed by atoms with Gasteiger partial charge in [-0.05, 0) is 48.9 Å². The molecule has 2 aromatic rings. The maximum absolute atomic E-state index is 11.6. The van der Waals surface area contributed by atoms with Gasteiger partial charge in [0.1, 0.15) is 0 Å². The maximum Gasteiger partial charge on any atom is 0.273 e. The molecule has 0 spiro atoms. The van der Waals surface area contributed by atoms with Gasteiger partial charge in [0, 0.05) is 15.2 Å². The van der Waals surface area contributed by atoms with Crippen LogP contribution in [0, 0.1) is 10.5 Å². The minimum atomic E-state index is -3.90. The minimum absolute atomic E-state index is 0.121. The van der Waals surface area contributed by atoms with Gasteiger partial charge in [-0.15, -0.1) is 10.2 Å². The number of nitrogens with two attached hydrogens (primary N) is 1. The second kappa shape index (κ2) is 5.41. The molecule has 0 atom stereocenters. The molecule has 0 saturated carbocycles. The van der Waals surface area contributed by atoms with Crippen LogP contribution in [0.2, 0.25) is 0 Å². The van der Waals surface area contributed by atoms with Gasteiger partial charge in [0.05, 0.1) is 0 Å². The fourth-order valence-electron chi connectivity index (χ4n) is 1.94. The zero-order valence-corrected chi connectivity index (χ0v) is 14.3. The summed E-state index contributed by atoms with van der Waals surface area (Å²) in [6.45, 7) is 5.72. The van der Waals surface area contributed by atoms with E-state index in [1.165, 1.54) is 0 Å². The third-order valence-corrected chi connectivity index (χ3v) is 5.09. The average molecular weight is 406 g/mol. The fraction of sp³-hybridized carbons (Fsp3) is 0.333. The van der Waals surface area contributed by atoms with E-state index in [9.17, 15) is 8.42 Å². The van der Waals surface area contributed by atoms with Crippen LogP contribution < -0.4 is 5.14 Å². The summed E-state index contributed by atoms with van der Waals surface area (Å²) in [4.78, 5) is 0. The van der Waals surface area contributed by atoms with Gasteiger partial charge in [-0.3, -0.25) is 4.57 Å². The van der Waals surface area contributed by atoms with Crippen LogP contribution in [0.15, 0.2) is 23.4 Å². The highest BCUT2D eigenvalue weighted by Crippen LogP contribution is 2.29. The van der Waals surface area contributed by atoms with Crippen LogP contribution in [0.25, 0.3) is 11.4 Å². The predicted octanol–water partition coefficient (Wildman–Crippen LogP) is 2.09. The van der Waals surface area contributed by atoms with Gasteiger partial charge in [-0.25, -0.2) is 13.6 Å². The number of hydrogen-bond acceptors (Lipinski definition) is 4. The van der Waals surface area contributed by atoms with Crippen LogP contribution in [0.3, 0.4) is 0 Å². The first-order chi connectivity index (χ1) is 9.23. The third kappa shape index (κ3) is 2.72. The Morgan fingerprint density at radius 3 is 2.50 bits per heavy atom. The molecule has 0 aliphatic rings. The van der Waals surface area contributed by atoms with E-state index in [-0.39, 0.29) is 11.2 Å². The zero-order valence-electron chi connectivity index (χ0n) is 11.3. The Hall–Kier alpha value is -1.00. The van der Waals surface area contributed by atoms with Crippen molar-refractivity contribution in [3.05, 3.63) is 27.3 Å². The standard InChI is InChI=1S/C12H15IN4O2S/c1-7(2)17-11(15-16-12(17)20(14,18)19)9-6-4-5-8(3)10(9)13/h4-7H,1-3H3,(H2,14,18,19). The quantitative estimate of drug-likeness (QED) is 0.791. The van der Waals surface area contributed by atoms with E-state index >= 15 is 0 Å². The number of aromatic nitrogens is 3. The Morgan fingerprint density at radius 2 is 1.95 bits per heavy atom. The van der Waals surface area contributed by atoms with Crippen molar-refractivity contribution in [2.75, 3.05) is 0 Å². The van der Waals surface area contributed by atoms with Gasteiger partial charge in [0.25, 0.3) is 15.2 Å². The molecule has 2 rings (SSSR count). The summed E-state index contributed by atoms with van der Waals surface area (Å²) in [7, 11) is -3.90. The first-order valence-electron chi connectivity index (χ1n) is 5.96. The Balaban J connectivity index is 2.76. The minimum Gasteiger partial charge on any atom is -0.294 e. The Morgan fingerprint density at radius 1 is 1.30 bits per heavy atom. The summed E-state index contributed by atoms with van der Waals surface area (Å²) >= 11 is 2.22. The highest BCUT2D eigenvalue weighted by atomic mass is 127. The Bertz CT molecular complexity index is 753. The van der Waals surface area contributed by atoms with Crippen LogP contribution >= 0.6 is 22.6 Å². The lowest BCUT2D eigenvalue weighted by molar-refractivity contribution is 0.524. The smallest absolute Gasteiger partial charge is 0.273 e. The number of halogens is 1. The van der Waals surface area contributed by atoms with Gasteiger partial charge in [0.15, 0.2) is 5.82 Å². The van der Waals surface area contributed by atoms with Gasteiger partial charge < -0.3 is 0 Å². The number of aryl methyl sites for hydroxylation is 1. The van der Waals surface area contributed by atoms with Gasteiger partial charge in [-0.2, -0.15) is 0 Å². The number of rotatable bonds is 3. The molecule has 0 aliphatic heterocycles. The molecular weight excluding hydrogens is 391 g/mol. The summed E-state index contributed by atoms with van der Waals surface area (Å²) in [5.41, 5.74) is 1.94. The van der Waals surface area contributed by atoms with E-state index in [1.807, 2.05) is 39.0 Å². The van der Waals surface area contributed by atoms with E-state index in [0.717, 1.165) is 14.7 Å². The van der Waals surface area contributed by atoms with Crippen LogP contribution in [0.1, 0.15) is 25.5 Å². The van der Waals surface area contributed by atoms with Crippen molar-refractivity contribution in [2.24, 2.45) is 5.14 Å². The normalized spacial score (nSPS) is 12.1. The van der Waals surface area contributed by atoms with Crippen LogP contribution in [0.4, 0.5) is 0 Å². The molecule has 6 nitrogen and oxygen atoms in total. The number of benzene rings is 1. The third-order valence-electron chi connectivity index (χ3n) is 2.87. The lowest BCUT2D eigenvalue weighted by Gasteiger charge is -2.14. The molecule has 20 heavy (non-hydrogen) atoms. The Labute approximate surface area is 131 Å². The van der Waals surface area contributed by atoms with Crippen molar-refractivity contribution in [3.8, 4) is 11.4 Å². The summed E-state index contributed by atoms with van der Waals surface area (Å²) in [5.74, 6) is 0.511. The number of primary sulfonamides is 1. The maximum atomic E-state index is 11.6. The van der Waals surface area contributed by atoms with Crippen molar-refractivity contribution in [1.82, 2.24) is 14.8 Å². The number of nitrogens with zero attached hydrogens (tertiary/aromatic N) is 3. The van der Waals surface area contributed by atoms with Crippen LogP contribution in [0.5, 0.6) is 0 Å². The van der Waals surface area contributed by atoms with Crippen molar-refractivity contribution in [3.63, 3.8) is 0 Å². The molecule has 2 N–H and O–H groups in total. The molecule has 0 radical (unpaired) electrons. The second-order valence-corrected chi connectivity index (χ2v) is 7.29. The fourth-order valence-corrected chi connectivity index (χ4v) is 3.27. The highest BCUT2D eigenvalue weighted by Gasteiger charge is 2.24. The van der Waals surface area contributed by atoms with Gasteiger partial charge in [0.2, 0.25) is 0 Å². The van der Waals surface area contributed by atoms with Gasteiger partial charge in [-0.1, -0.05) is 18.2 Å². The highest BCUT2D eigenvalue weighted by molar-refractivity contribution is 14.1. The molecule has 0 saturated heterocycles. The zero-order chi connectivity index (χ0) is 15.1. The largest absolute Gasteiger partial charge is 0.294 e. The van der Waals surface area contributed by atoms with Crippen molar-refractivity contribution in [2.45, 2.75) is 32.0 Å². The molecule has 0 fully saturated rings. The average Bonchev–Trinajstić information content (AvgIpc) is 2.77. The molecule has 8 heteroatoms. The summed E-state index contributed by atoms with van der Waals surface area (Å²) < 4.78 is 25.8. The van der Waals surface area contributed by atoms with E-state index in [2.05, 4.69) is 32.8 Å². The molecule has 0 unspecified atom stereocenters. The second-order valence-electron chi connectivity index (χ2n) is 4.75. The molecule has 0 aliphatic carbocycles. The van der Waals surface area contributed by atoms with Crippen LogP contribution in [-0.2, 0) is 10.0 Å². The lowest BCUT2D eigenvalue weighted by Crippen LogP contribution is -2.20. The van der Waals surface area contributed by atoms with E-state index in [1.54, 1.807) is 4.57 Å². The predicted molar refractivity (Wildman–Crippen MR) is 84.7 cm³/mol. The van der Waals surface area contributed by atoms with Crippen molar-refractivity contribution < 1.29 is 8.42 Å². The first-order valence-corrected chi connectivity index (χ1v) is 8.59. The molecule has 0 amide bonds.